The van der Waals surface area contributed by atoms with Crippen LogP contribution in [0.3, 0.4) is 0 Å². The number of hydrogen-bond acceptors (Lipinski definition) is 2. The van der Waals surface area contributed by atoms with Gasteiger partial charge in [0.2, 0.25) is 0 Å². The summed E-state index contributed by atoms with van der Waals surface area (Å²) in [4.78, 5) is 11.2. The first-order chi connectivity index (χ1) is 7.45. The van der Waals surface area contributed by atoms with Crippen LogP contribution in [-0.2, 0) is 11.2 Å². The second-order valence-corrected chi connectivity index (χ2v) is 4.65. The third kappa shape index (κ3) is 2.99. The van der Waals surface area contributed by atoms with Crippen molar-refractivity contribution >= 4 is 17.4 Å². The van der Waals surface area contributed by atoms with E-state index in [4.69, 9.17) is 16.3 Å². The topological polar surface area (TPSA) is 26.3 Å². The van der Waals surface area contributed by atoms with E-state index in [1.807, 2.05) is 6.07 Å². The van der Waals surface area contributed by atoms with Crippen LogP contribution in [0.25, 0.3) is 0 Å². The van der Waals surface area contributed by atoms with Crippen molar-refractivity contribution in [2.45, 2.75) is 33.1 Å². The maximum absolute atomic E-state index is 11.2. The normalized spacial score (nSPS) is 10.6. The van der Waals surface area contributed by atoms with Crippen LogP contribution in [0.5, 0.6) is 5.75 Å². The highest BCUT2D eigenvalue weighted by Crippen LogP contribution is 2.33. The summed E-state index contributed by atoms with van der Waals surface area (Å²) in [5.41, 5.74) is 2.04. The van der Waals surface area contributed by atoms with E-state index < -0.39 is 0 Å². The fourth-order valence-corrected chi connectivity index (χ4v) is 2.12. The molecule has 1 aromatic carbocycles. The van der Waals surface area contributed by atoms with Crippen LogP contribution in [0.15, 0.2) is 12.1 Å². The number of methoxy groups -OCH3 is 1. The van der Waals surface area contributed by atoms with E-state index >= 15 is 0 Å². The van der Waals surface area contributed by atoms with Crippen molar-refractivity contribution in [2.24, 2.45) is 0 Å². The lowest BCUT2D eigenvalue weighted by atomic mass is 9.93. The van der Waals surface area contributed by atoms with Gasteiger partial charge in [0, 0.05) is 17.0 Å². The number of Topliss-reactive ketones (excluding diaryl/α,β-unsaturated/α-hetero) is 1. The van der Waals surface area contributed by atoms with Crippen LogP contribution in [0.2, 0.25) is 5.02 Å². The summed E-state index contributed by atoms with van der Waals surface area (Å²) >= 11 is 6.00. The molecule has 16 heavy (non-hydrogen) atoms. The van der Waals surface area contributed by atoms with Crippen LogP contribution in [0.4, 0.5) is 0 Å². The molecule has 0 saturated heterocycles. The Kier molecular flexibility index (Phi) is 4.36. The second-order valence-electron chi connectivity index (χ2n) is 4.21. The first-order valence-corrected chi connectivity index (χ1v) is 5.69. The Hall–Kier alpha value is -1.02. The molecular weight excluding hydrogens is 224 g/mol. The van der Waals surface area contributed by atoms with E-state index in [2.05, 4.69) is 13.8 Å². The zero-order chi connectivity index (χ0) is 12.3. The SMILES string of the molecule is COc1cc(Cl)cc(CC(C)=O)c1C(C)C. The lowest BCUT2D eigenvalue weighted by Gasteiger charge is -2.17. The summed E-state index contributed by atoms with van der Waals surface area (Å²) in [6.07, 6.45) is 0.407. The van der Waals surface area contributed by atoms with E-state index in [-0.39, 0.29) is 5.78 Å². The molecule has 0 aliphatic rings. The van der Waals surface area contributed by atoms with E-state index in [1.165, 1.54) is 0 Å². The standard InChI is InChI=1S/C13H17ClO2/c1-8(2)13-10(5-9(3)15)6-11(14)7-12(13)16-4/h6-8H,5H2,1-4H3. The predicted molar refractivity (Wildman–Crippen MR) is 66.5 cm³/mol. The molecule has 0 amide bonds. The van der Waals surface area contributed by atoms with Crippen LogP contribution < -0.4 is 4.74 Å². The molecule has 1 rings (SSSR count). The zero-order valence-corrected chi connectivity index (χ0v) is 10.9. The van der Waals surface area contributed by atoms with Gasteiger partial charge in [-0.1, -0.05) is 25.4 Å². The van der Waals surface area contributed by atoms with Gasteiger partial charge in [0.25, 0.3) is 0 Å². The van der Waals surface area contributed by atoms with Crippen LogP contribution in [-0.4, -0.2) is 12.9 Å². The highest BCUT2D eigenvalue weighted by atomic mass is 35.5. The molecule has 0 aromatic heterocycles. The first-order valence-electron chi connectivity index (χ1n) is 5.31. The van der Waals surface area contributed by atoms with Crippen molar-refractivity contribution in [3.63, 3.8) is 0 Å². The second kappa shape index (κ2) is 5.35. The van der Waals surface area contributed by atoms with Crippen LogP contribution >= 0.6 is 11.6 Å². The summed E-state index contributed by atoms with van der Waals surface area (Å²) in [7, 11) is 1.62. The Labute approximate surface area is 102 Å². The smallest absolute Gasteiger partial charge is 0.134 e. The van der Waals surface area contributed by atoms with Gasteiger partial charge in [0.05, 0.1) is 7.11 Å². The molecular formula is C13H17ClO2. The van der Waals surface area contributed by atoms with Gasteiger partial charge in [0.1, 0.15) is 11.5 Å². The number of halogens is 1. The third-order valence-corrected chi connectivity index (χ3v) is 2.65. The molecule has 0 heterocycles. The van der Waals surface area contributed by atoms with Crippen molar-refractivity contribution < 1.29 is 9.53 Å². The Morgan fingerprint density at radius 1 is 1.44 bits per heavy atom. The van der Waals surface area contributed by atoms with E-state index in [9.17, 15) is 4.79 Å². The minimum atomic E-state index is 0.131. The Morgan fingerprint density at radius 3 is 2.50 bits per heavy atom. The van der Waals surface area contributed by atoms with Gasteiger partial charge in [-0.25, -0.2) is 0 Å². The number of rotatable bonds is 4. The van der Waals surface area contributed by atoms with Crippen LogP contribution in [0.1, 0.15) is 37.8 Å². The summed E-state index contributed by atoms with van der Waals surface area (Å²) in [6.45, 7) is 5.74. The van der Waals surface area contributed by atoms with E-state index in [0.717, 1.165) is 16.9 Å². The maximum Gasteiger partial charge on any atom is 0.134 e. The van der Waals surface area contributed by atoms with Crippen LogP contribution in [0, 0.1) is 0 Å². The zero-order valence-electron chi connectivity index (χ0n) is 10.1. The number of carbonyl (C=O) groups is 1. The number of benzene rings is 1. The molecule has 0 radical (unpaired) electrons. The van der Waals surface area contributed by atoms with Gasteiger partial charge in [-0.05, 0) is 30.5 Å². The third-order valence-electron chi connectivity index (χ3n) is 2.43. The highest BCUT2D eigenvalue weighted by molar-refractivity contribution is 6.30. The lowest BCUT2D eigenvalue weighted by Crippen LogP contribution is -2.05. The Bertz CT molecular complexity index is 397. The van der Waals surface area contributed by atoms with Gasteiger partial charge in [-0.15, -0.1) is 0 Å². The predicted octanol–water partition coefficient (Wildman–Crippen LogP) is 3.60. The molecule has 0 saturated carbocycles. The van der Waals surface area contributed by atoms with Gasteiger partial charge in [-0.2, -0.15) is 0 Å². The average molecular weight is 241 g/mol. The molecule has 88 valence electrons. The minimum Gasteiger partial charge on any atom is -0.496 e. The molecule has 0 aliphatic carbocycles. The van der Waals surface area contributed by atoms with Crippen molar-refractivity contribution in [2.75, 3.05) is 7.11 Å². The Morgan fingerprint density at radius 2 is 2.06 bits per heavy atom. The monoisotopic (exact) mass is 240 g/mol. The van der Waals surface area contributed by atoms with Crippen molar-refractivity contribution in [1.82, 2.24) is 0 Å². The molecule has 1 aromatic rings. The Balaban J connectivity index is 3.32. The first kappa shape index (κ1) is 13.0. The number of hydrogen-bond donors (Lipinski definition) is 0. The fraction of sp³-hybridized carbons (Fsp3) is 0.462. The fourth-order valence-electron chi connectivity index (χ4n) is 1.89. The summed E-state index contributed by atoms with van der Waals surface area (Å²) in [6, 6.07) is 3.64. The molecule has 0 bridgehead atoms. The maximum atomic E-state index is 11.2. The molecule has 0 unspecified atom stereocenters. The van der Waals surface area contributed by atoms with Gasteiger partial charge >= 0.3 is 0 Å². The highest BCUT2D eigenvalue weighted by Gasteiger charge is 2.15. The van der Waals surface area contributed by atoms with Gasteiger partial charge < -0.3 is 4.74 Å². The molecule has 0 aliphatic heterocycles. The van der Waals surface area contributed by atoms with Crippen molar-refractivity contribution in [3.8, 4) is 5.75 Å². The van der Waals surface area contributed by atoms with Gasteiger partial charge in [-0.3, -0.25) is 4.79 Å². The largest absolute Gasteiger partial charge is 0.496 e. The molecule has 0 atom stereocenters. The quantitative estimate of drug-likeness (QED) is 0.804. The summed E-state index contributed by atoms with van der Waals surface area (Å²) < 4.78 is 5.31. The molecule has 2 nitrogen and oxygen atoms in total. The molecule has 0 spiro atoms. The average Bonchev–Trinajstić information content (AvgIpc) is 2.14. The van der Waals surface area contributed by atoms with E-state index in [1.54, 1.807) is 20.1 Å². The van der Waals surface area contributed by atoms with Gasteiger partial charge in [0.15, 0.2) is 0 Å². The number of ether oxygens (including phenoxy) is 1. The number of carbonyl (C=O) groups excluding carboxylic acids is 1. The summed E-state index contributed by atoms with van der Waals surface area (Å²) in [5, 5.41) is 0.609. The minimum absolute atomic E-state index is 0.131. The molecule has 0 N–H and O–H groups in total. The number of ketones is 1. The van der Waals surface area contributed by atoms with Crippen molar-refractivity contribution in [1.29, 1.82) is 0 Å². The lowest BCUT2D eigenvalue weighted by molar-refractivity contribution is -0.116. The summed E-state index contributed by atoms with van der Waals surface area (Å²) in [5.74, 6) is 1.20. The van der Waals surface area contributed by atoms with Crippen molar-refractivity contribution in [3.05, 3.63) is 28.3 Å². The van der Waals surface area contributed by atoms with E-state index in [0.29, 0.717) is 17.4 Å². The molecule has 3 heteroatoms. The molecule has 0 fully saturated rings.